The highest BCUT2D eigenvalue weighted by atomic mass is 35.5. The van der Waals surface area contributed by atoms with E-state index in [2.05, 4.69) is 0 Å². The van der Waals surface area contributed by atoms with Gasteiger partial charge in [0, 0.05) is 0 Å². The van der Waals surface area contributed by atoms with E-state index in [9.17, 15) is 17.2 Å². The Morgan fingerprint density at radius 3 is 2.57 bits per heavy atom. The summed E-state index contributed by atoms with van der Waals surface area (Å²) in [6, 6.07) is 5.74. The van der Waals surface area contributed by atoms with Crippen molar-refractivity contribution >= 4 is 33.0 Å². The van der Waals surface area contributed by atoms with Crippen LogP contribution in [0.4, 0.5) is 20.2 Å². The van der Waals surface area contributed by atoms with Crippen molar-refractivity contribution in [2.75, 3.05) is 10.5 Å². The number of nitrogens with one attached hydrogen (secondary N) is 1. The van der Waals surface area contributed by atoms with Crippen molar-refractivity contribution in [3.63, 3.8) is 0 Å². The first-order chi connectivity index (χ1) is 9.72. The molecule has 2 rings (SSSR count). The number of halogens is 3. The molecule has 8 heteroatoms. The first kappa shape index (κ1) is 15.5. The van der Waals surface area contributed by atoms with Gasteiger partial charge >= 0.3 is 0 Å². The fourth-order valence-corrected chi connectivity index (χ4v) is 3.28. The molecule has 0 atom stereocenters. The average molecular weight is 333 g/mol. The quantitative estimate of drug-likeness (QED) is 0.847. The van der Waals surface area contributed by atoms with E-state index in [4.69, 9.17) is 17.3 Å². The average Bonchev–Trinajstić information content (AvgIpc) is 2.39. The smallest absolute Gasteiger partial charge is 0.262 e. The Morgan fingerprint density at radius 1 is 1.24 bits per heavy atom. The van der Waals surface area contributed by atoms with Gasteiger partial charge in [-0.2, -0.15) is 0 Å². The summed E-state index contributed by atoms with van der Waals surface area (Å²) in [5.41, 5.74) is 5.50. The third-order valence-electron chi connectivity index (χ3n) is 2.78. The molecule has 3 N–H and O–H groups in total. The zero-order chi connectivity index (χ0) is 15.8. The molecule has 21 heavy (non-hydrogen) atoms. The number of anilines is 2. The van der Waals surface area contributed by atoms with Crippen molar-refractivity contribution in [1.82, 2.24) is 0 Å². The van der Waals surface area contributed by atoms with E-state index >= 15 is 0 Å². The van der Waals surface area contributed by atoms with E-state index in [0.717, 1.165) is 18.2 Å². The number of hydrogen-bond acceptors (Lipinski definition) is 3. The lowest BCUT2D eigenvalue weighted by Crippen LogP contribution is -2.16. The number of rotatable bonds is 3. The Hall–Kier alpha value is -1.86. The normalized spacial score (nSPS) is 11.4. The molecule has 0 saturated carbocycles. The summed E-state index contributed by atoms with van der Waals surface area (Å²) in [5.74, 6) is -2.43. The van der Waals surface area contributed by atoms with Crippen LogP contribution in [0.15, 0.2) is 35.2 Å². The molecular formula is C13H11ClF2N2O2S. The van der Waals surface area contributed by atoms with Crippen LogP contribution in [0.25, 0.3) is 0 Å². The summed E-state index contributed by atoms with van der Waals surface area (Å²) in [5, 5.41) is 0.211. The third kappa shape index (κ3) is 3.08. The monoisotopic (exact) mass is 332 g/mol. The van der Waals surface area contributed by atoms with E-state index in [1.807, 2.05) is 4.72 Å². The Kier molecular flexibility index (Phi) is 4.06. The van der Waals surface area contributed by atoms with Crippen LogP contribution in [0, 0.1) is 18.6 Å². The van der Waals surface area contributed by atoms with Crippen LogP contribution in [0.2, 0.25) is 5.02 Å². The minimum absolute atomic E-state index is 0.0716. The van der Waals surface area contributed by atoms with Gasteiger partial charge in [0.2, 0.25) is 0 Å². The molecule has 0 fully saturated rings. The van der Waals surface area contributed by atoms with Crippen LogP contribution < -0.4 is 10.5 Å². The predicted molar refractivity (Wildman–Crippen MR) is 77.8 cm³/mol. The Morgan fingerprint density at radius 2 is 1.90 bits per heavy atom. The Balaban J connectivity index is 2.48. The number of sulfonamides is 1. The number of nitrogens with two attached hydrogens (primary N) is 1. The fourth-order valence-electron chi connectivity index (χ4n) is 1.74. The maximum Gasteiger partial charge on any atom is 0.262 e. The van der Waals surface area contributed by atoms with Gasteiger partial charge in [0.25, 0.3) is 10.0 Å². The molecule has 0 heterocycles. The first-order valence-electron chi connectivity index (χ1n) is 5.75. The van der Waals surface area contributed by atoms with E-state index in [1.165, 1.54) is 19.1 Å². The molecule has 112 valence electrons. The van der Waals surface area contributed by atoms with E-state index < -0.39 is 27.3 Å². The summed E-state index contributed by atoms with van der Waals surface area (Å²) >= 11 is 5.79. The molecule has 0 aliphatic rings. The first-order valence-corrected chi connectivity index (χ1v) is 7.61. The second-order valence-corrected chi connectivity index (χ2v) is 6.40. The van der Waals surface area contributed by atoms with Gasteiger partial charge < -0.3 is 5.73 Å². The molecule has 0 unspecified atom stereocenters. The van der Waals surface area contributed by atoms with E-state index in [0.29, 0.717) is 5.56 Å². The largest absolute Gasteiger partial charge is 0.397 e. The number of benzene rings is 2. The van der Waals surface area contributed by atoms with Crippen molar-refractivity contribution in [3.05, 3.63) is 52.6 Å². The molecule has 0 aliphatic heterocycles. The highest BCUT2D eigenvalue weighted by molar-refractivity contribution is 7.92. The SMILES string of the molecule is Cc1cc(Cl)c(N)cc1S(=O)(=O)Nc1cccc(F)c1F. The number of aryl methyl sites for hydroxylation is 1. The van der Waals surface area contributed by atoms with Crippen molar-refractivity contribution in [2.45, 2.75) is 11.8 Å². The van der Waals surface area contributed by atoms with Crippen molar-refractivity contribution in [3.8, 4) is 0 Å². The maximum absolute atomic E-state index is 13.5. The molecule has 0 bridgehead atoms. The summed E-state index contributed by atoms with van der Waals surface area (Å²) in [6.45, 7) is 1.52. The van der Waals surface area contributed by atoms with Crippen LogP contribution in [-0.2, 0) is 10.0 Å². The zero-order valence-corrected chi connectivity index (χ0v) is 12.4. The molecule has 0 amide bonds. The standard InChI is InChI=1S/C13H11ClF2N2O2S/c1-7-5-8(14)10(17)6-12(7)21(19,20)18-11-4-2-3-9(15)13(11)16/h2-6,18H,17H2,1H3. The number of nitrogen functional groups attached to an aromatic ring is 1. The van der Waals surface area contributed by atoms with Crippen molar-refractivity contribution in [1.29, 1.82) is 0 Å². The minimum Gasteiger partial charge on any atom is -0.397 e. The fraction of sp³-hybridized carbons (Fsp3) is 0.0769. The Labute approximate surface area is 125 Å². The van der Waals surface area contributed by atoms with E-state index in [-0.39, 0.29) is 15.6 Å². The second-order valence-electron chi connectivity index (χ2n) is 4.35. The van der Waals surface area contributed by atoms with Crippen LogP contribution in [-0.4, -0.2) is 8.42 Å². The molecule has 0 spiro atoms. The summed E-state index contributed by atoms with van der Waals surface area (Å²) in [4.78, 5) is -0.159. The third-order valence-corrected chi connectivity index (χ3v) is 4.61. The molecule has 0 saturated heterocycles. The highest BCUT2D eigenvalue weighted by Crippen LogP contribution is 2.28. The molecule has 0 aliphatic carbocycles. The van der Waals surface area contributed by atoms with Crippen LogP contribution in [0.1, 0.15) is 5.56 Å². The number of hydrogen-bond donors (Lipinski definition) is 2. The minimum atomic E-state index is -4.12. The molecule has 2 aromatic carbocycles. The van der Waals surface area contributed by atoms with Gasteiger partial charge in [-0.15, -0.1) is 0 Å². The lowest BCUT2D eigenvalue weighted by molar-refractivity contribution is 0.511. The van der Waals surface area contributed by atoms with Gasteiger partial charge in [0.05, 0.1) is 21.3 Å². The molecule has 0 aromatic heterocycles. The maximum atomic E-state index is 13.5. The predicted octanol–water partition coefficient (Wildman–Crippen LogP) is 3.31. The summed E-state index contributed by atoms with van der Waals surface area (Å²) in [7, 11) is -4.12. The van der Waals surface area contributed by atoms with Gasteiger partial charge in [-0.1, -0.05) is 17.7 Å². The second kappa shape index (κ2) is 5.50. The van der Waals surface area contributed by atoms with Crippen LogP contribution in [0.3, 0.4) is 0 Å². The molecule has 2 aromatic rings. The van der Waals surface area contributed by atoms with E-state index in [1.54, 1.807) is 0 Å². The van der Waals surface area contributed by atoms with Crippen LogP contribution in [0.5, 0.6) is 0 Å². The lowest BCUT2D eigenvalue weighted by atomic mass is 10.2. The van der Waals surface area contributed by atoms with Crippen molar-refractivity contribution < 1.29 is 17.2 Å². The molecule has 4 nitrogen and oxygen atoms in total. The topological polar surface area (TPSA) is 72.2 Å². The Bertz CT molecular complexity index is 810. The lowest BCUT2D eigenvalue weighted by Gasteiger charge is -2.12. The van der Waals surface area contributed by atoms with Crippen LogP contribution >= 0.6 is 11.6 Å². The zero-order valence-electron chi connectivity index (χ0n) is 10.8. The van der Waals surface area contributed by atoms with Gasteiger partial charge in [-0.25, -0.2) is 17.2 Å². The highest BCUT2D eigenvalue weighted by Gasteiger charge is 2.21. The molecular weight excluding hydrogens is 322 g/mol. The van der Waals surface area contributed by atoms with Gasteiger partial charge in [0.1, 0.15) is 0 Å². The van der Waals surface area contributed by atoms with Gasteiger partial charge in [-0.05, 0) is 36.8 Å². The summed E-state index contributed by atoms with van der Waals surface area (Å²) < 4.78 is 53.1. The van der Waals surface area contributed by atoms with Crippen molar-refractivity contribution in [2.24, 2.45) is 0 Å². The summed E-state index contributed by atoms with van der Waals surface area (Å²) in [6.07, 6.45) is 0. The molecule has 0 radical (unpaired) electrons. The van der Waals surface area contributed by atoms with Gasteiger partial charge in [0.15, 0.2) is 11.6 Å². The van der Waals surface area contributed by atoms with Gasteiger partial charge in [-0.3, -0.25) is 4.72 Å².